The highest BCUT2D eigenvalue weighted by atomic mass is 16.5. The number of likely N-dealkylation sites (tertiary alicyclic amines) is 1. The number of carbonyl (C=O) groups is 2. The molecule has 2 atom stereocenters. The summed E-state index contributed by atoms with van der Waals surface area (Å²) in [6.07, 6.45) is 7.05. The van der Waals surface area contributed by atoms with Crippen LogP contribution in [0, 0.1) is 11.8 Å². The molecule has 1 aliphatic carbocycles. The molecule has 0 aromatic carbocycles. The van der Waals surface area contributed by atoms with Crippen LogP contribution in [0.25, 0.3) is 0 Å². The lowest BCUT2D eigenvalue weighted by Crippen LogP contribution is -2.50. The molecule has 3 aliphatic rings. The van der Waals surface area contributed by atoms with Crippen molar-refractivity contribution >= 4 is 12.0 Å². The third-order valence-corrected chi connectivity index (χ3v) is 5.46. The minimum atomic E-state index is -0.797. The van der Waals surface area contributed by atoms with Gasteiger partial charge in [-0.05, 0) is 50.9 Å². The summed E-state index contributed by atoms with van der Waals surface area (Å²) in [6.45, 7) is 2.47. The molecular weight excluding hydrogens is 284 g/mol. The van der Waals surface area contributed by atoms with Crippen molar-refractivity contribution in [2.75, 3.05) is 26.2 Å². The fourth-order valence-electron chi connectivity index (χ4n) is 3.93. The SMILES string of the molecule is O=C(O)C1CCCN(C(=O)NCC2CCOC3(CCC3)C2)C1. The van der Waals surface area contributed by atoms with Gasteiger partial charge < -0.3 is 20.1 Å². The highest BCUT2D eigenvalue weighted by molar-refractivity contribution is 5.76. The maximum absolute atomic E-state index is 12.2. The molecule has 6 nitrogen and oxygen atoms in total. The van der Waals surface area contributed by atoms with Gasteiger partial charge in [-0.1, -0.05) is 0 Å². The highest BCUT2D eigenvalue weighted by Gasteiger charge is 2.42. The van der Waals surface area contributed by atoms with Gasteiger partial charge in [0.15, 0.2) is 0 Å². The Bertz CT molecular complexity index is 436. The zero-order valence-corrected chi connectivity index (χ0v) is 13.1. The van der Waals surface area contributed by atoms with Gasteiger partial charge in [-0.2, -0.15) is 0 Å². The predicted molar refractivity (Wildman–Crippen MR) is 80.6 cm³/mol. The first-order valence-corrected chi connectivity index (χ1v) is 8.47. The minimum absolute atomic E-state index is 0.104. The Morgan fingerprint density at radius 2 is 2.09 bits per heavy atom. The van der Waals surface area contributed by atoms with Crippen LogP contribution < -0.4 is 5.32 Å². The van der Waals surface area contributed by atoms with Crippen molar-refractivity contribution in [2.45, 2.75) is 50.5 Å². The molecule has 0 radical (unpaired) electrons. The summed E-state index contributed by atoms with van der Waals surface area (Å²) in [6, 6.07) is -0.111. The van der Waals surface area contributed by atoms with Gasteiger partial charge in [0.05, 0.1) is 11.5 Å². The molecule has 22 heavy (non-hydrogen) atoms. The van der Waals surface area contributed by atoms with Gasteiger partial charge in [-0.3, -0.25) is 4.79 Å². The van der Waals surface area contributed by atoms with Crippen LogP contribution in [0.5, 0.6) is 0 Å². The Morgan fingerprint density at radius 3 is 2.77 bits per heavy atom. The first-order valence-electron chi connectivity index (χ1n) is 8.47. The highest BCUT2D eigenvalue weighted by Crippen LogP contribution is 2.44. The Balaban J connectivity index is 1.44. The summed E-state index contributed by atoms with van der Waals surface area (Å²) < 4.78 is 5.91. The maximum atomic E-state index is 12.2. The lowest BCUT2D eigenvalue weighted by atomic mass is 9.72. The summed E-state index contributed by atoms with van der Waals surface area (Å²) in [4.78, 5) is 25.0. The average Bonchev–Trinajstić information content (AvgIpc) is 2.51. The van der Waals surface area contributed by atoms with Crippen molar-refractivity contribution in [1.29, 1.82) is 0 Å². The van der Waals surface area contributed by atoms with Gasteiger partial charge >= 0.3 is 12.0 Å². The van der Waals surface area contributed by atoms with E-state index in [-0.39, 0.29) is 11.6 Å². The van der Waals surface area contributed by atoms with E-state index in [9.17, 15) is 9.59 Å². The second-order valence-electron chi connectivity index (χ2n) is 7.05. The van der Waals surface area contributed by atoms with Gasteiger partial charge in [0.1, 0.15) is 0 Å². The number of nitrogens with zero attached hydrogens (tertiary/aromatic N) is 1. The number of carboxylic acid groups (broad SMARTS) is 1. The van der Waals surface area contributed by atoms with Crippen molar-refractivity contribution in [2.24, 2.45) is 11.8 Å². The monoisotopic (exact) mass is 310 g/mol. The number of amides is 2. The van der Waals surface area contributed by atoms with Crippen LogP contribution in [-0.2, 0) is 9.53 Å². The number of hydrogen-bond donors (Lipinski definition) is 2. The second-order valence-corrected chi connectivity index (χ2v) is 7.05. The molecule has 2 heterocycles. The van der Waals surface area contributed by atoms with Crippen LogP contribution in [0.3, 0.4) is 0 Å². The molecule has 3 fully saturated rings. The predicted octanol–water partition coefficient (Wildman–Crippen LogP) is 1.84. The Kier molecular flexibility index (Phi) is 4.57. The Morgan fingerprint density at radius 1 is 1.27 bits per heavy atom. The fourth-order valence-corrected chi connectivity index (χ4v) is 3.93. The van der Waals surface area contributed by atoms with Crippen molar-refractivity contribution in [1.82, 2.24) is 10.2 Å². The molecule has 2 aliphatic heterocycles. The van der Waals surface area contributed by atoms with Crippen LogP contribution in [-0.4, -0.2) is 53.8 Å². The van der Waals surface area contributed by atoms with Gasteiger partial charge in [0, 0.05) is 26.2 Å². The van der Waals surface area contributed by atoms with E-state index in [0.717, 1.165) is 38.7 Å². The van der Waals surface area contributed by atoms with E-state index in [1.54, 1.807) is 4.90 Å². The number of aliphatic carboxylic acids is 1. The first-order chi connectivity index (χ1) is 10.6. The van der Waals surface area contributed by atoms with Crippen LogP contribution in [0.1, 0.15) is 44.9 Å². The molecule has 2 N–H and O–H groups in total. The number of nitrogens with one attached hydrogen (secondary N) is 1. The van der Waals surface area contributed by atoms with E-state index in [2.05, 4.69) is 5.32 Å². The summed E-state index contributed by atoms with van der Waals surface area (Å²) in [5.41, 5.74) is 0.104. The summed E-state index contributed by atoms with van der Waals surface area (Å²) in [7, 11) is 0. The Labute approximate surface area is 131 Å². The maximum Gasteiger partial charge on any atom is 0.317 e. The number of carbonyl (C=O) groups excluding carboxylic acids is 1. The van der Waals surface area contributed by atoms with Crippen molar-refractivity contribution in [3.05, 3.63) is 0 Å². The lowest BCUT2D eigenvalue weighted by molar-refractivity contribution is -0.143. The molecule has 0 bridgehead atoms. The minimum Gasteiger partial charge on any atom is -0.481 e. The molecule has 6 heteroatoms. The molecule has 3 rings (SSSR count). The van der Waals surface area contributed by atoms with Crippen LogP contribution in [0.15, 0.2) is 0 Å². The van der Waals surface area contributed by atoms with Gasteiger partial charge in [-0.25, -0.2) is 4.79 Å². The van der Waals surface area contributed by atoms with Crippen molar-refractivity contribution < 1.29 is 19.4 Å². The second kappa shape index (κ2) is 6.44. The van der Waals surface area contributed by atoms with Crippen LogP contribution >= 0.6 is 0 Å². The smallest absolute Gasteiger partial charge is 0.317 e. The van der Waals surface area contributed by atoms with E-state index in [0.29, 0.717) is 32.0 Å². The van der Waals surface area contributed by atoms with Crippen molar-refractivity contribution in [3.8, 4) is 0 Å². The Hall–Kier alpha value is -1.30. The zero-order chi connectivity index (χ0) is 15.6. The molecule has 0 aromatic heterocycles. The number of piperidine rings is 1. The quantitative estimate of drug-likeness (QED) is 0.834. The first kappa shape index (κ1) is 15.6. The molecule has 2 unspecified atom stereocenters. The van der Waals surface area contributed by atoms with Crippen LogP contribution in [0.4, 0.5) is 4.79 Å². The number of hydrogen-bond acceptors (Lipinski definition) is 3. The normalized spacial score (nSPS) is 30.6. The van der Waals surface area contributed by atoms with E-state index >= 15 is 0 Å². The van der Waals surface area contributed by atoms with E-state index in [1.807, 2.05) is 0 Å². The topological polar surface area (TPSA) is 78.9 Å². The number of rotatable bonds is 3. The van der Waals surface area contributed by atoms with E-state index in [1.165, 1.54) is 6.42 Å². The molecule has 2 saturated heterocycles. The molecule has 2 amide bonds. The summed E-state index contributed by atoms with van der Waals surface area (Å²) in [5.74, 6) is -0.729. The molecule has 1 saturated carbocycles. The summed E-state index contributed by atoms with van der Waals surface area (Å²) >= 11 is 0. The van der Waals surface area contributed by atoms with Gasteiger partial charge in [0.2, 0.25) is 0 Å². The molecule has 124 valence electrons. The molecule has 1 spiro atoms. The number of urea groups is 1. The number of ether oxygens (including phenoxy) is 1. The fraction of sp³-hybridized carbons (Fsp3) is 0.875. The largest absolute Gasteiger partial charge is 0.481 e. The van der Waals surface area contributed by atoms with Crippen molar-refractivity contribution in [3.63, 3.8) is 0 Å². The third kappa shape index (κ3) is 3.37. The molecule has 0 aromatic rings. The standard InChI is InChI=1S/C16H26N2O4/c19-14(20)13-3-1-7-18(11-13)15(21)17-10-12-4-8-22-16(9-12)5-2-6-16/h12-13H,1-11H2,(H,17,21)(H,19,20). The lowest BCUT2D eigenvalue weighted by Gasteiger charge is -2.47. The van der Waals surface area contributed by atoms with Gasteiger partial charge in [-0.15, -0.1) is 0 Å². The number of carboxylic acids is 1. The summed E-state index contributed by atoms with van der Waals surface area (Å²) in [5, 5.41) is 12.1. The average molecular weight is 310 g/mol. The van der Waals surface area contributed by atoms with Gasteiger partial charge in [0.25, 0.3) is 0 Å². The third-order valence-electron chi connectivity index (χ3n) is 5.46. The van der Waals surface area contributed by atoms with E-state index < -0.39 is 11.9 Å². The molecular formula is C16H26N2O4. The van der Waals surface area contributed by atoms with E-state index in [4.69, 9.17) is 9.84 Å². The van der Waals surface area contributed by atoms with Crippen LogP contribution in [0.2, 0.25) is 0 Å². The zero-order valence-electron chi connectivity index (χ0n) is 13.1.